The zero-order valence-electron chi connectivity index (χ0n) is 19.9. The number of benzene rings is 3. The monoisotopic (exact) mass is 545 g/mol. The second-order valence-corrected chi connectivity index (χ2v) is 9.62. The lowest BCUT2D eigenvalue weighted by Crippen LogP contribution is -2.33. The highest BCUT2D eigenvalue weighted by molar-refractivity contribution is 7.98. The fraction of sp³-hybridized carbons (Fsp3) is 0.192. The molecule has 0 aliphatic heterocycles. The van der Waals surface area contributed by atoms with Gasteiger partial charge in [-0.1, -0.05) is 71.9 Å². The normalized spacial score (nSPS) is 12.3. The van der Waals surface area contributed by atoms with Gasteiger partial charge in [-0.2, -0.15) is 13.2 Å². The van der Waals surface area contributed by atoms with Crippen molar-refractivity contribution in [2.24, 2.45) is 0 Å². The van der Waals surface area contributed by atoms with Crippen LogP contribution in [0.25, 0.3) is 5.69 Å². The van der Waals surface area contributed by atoms with E-state index in [-0.39, 0.29) is 5.69 Å². The van der Waals surface area contributed by atoms with Gasteiger partial charge in [-0.15, -0.1) is 10.2 Å². The van der Waals surface area contributed by atoms with Gasteiger partial charge in [0.1, 0.15) is 0 Å². The Bertz CT molecular complexity index is 1390. The van der Waals surface area contributed by atoms with Gasteiger partial charge in [0.15, 0.2) is 11.0 Å². The Balaban J connectivity index is 1.61. The number of alkyl halides is 3. The number of para-hydroxylation sites is 1. The average Bonchev–Trinajstić information content (AvgIpc) is 3.28. The molecule has 0 saturated carbocycles. The predicted molar refractivity (Wildman–Crippen MR) is 139 cm³/mol. The summed E-state index contributed by atoms with van der Waals surface area (Å²) in [4.78, 5) is 12.7. The number of carbonyl (C=O) groups excluding carboxylic acids is 1. The van der Waals surface area contributed by atoms with E-state index in [1.807, 2.05) is 47.9 Å². The molecule has 37 heavy (non-hydrogen) atoms. The third-order valence-corrected chi connectivity index (χ3v) is 6.73. The maximum Gasteiger partial charge on any atom is 0.418 e. The Morgan fingerprint density at radius 2 is 1.76 bits per heavy atom. The first-order valence-corrected chi connectivity index (χ1v) is 12.6. The molecule has 0 fully saturated rings. The van der Waals surface area contributed by atoms with E-state index in [1.54, 1.807) is 19.1 Å². The molecule has 1 atom stereocenters. The van der Waals surface area contributed by atoms with Crippen LogP contribution in [0.3, 0.4) is 0 Å². The van der Waals surface area contributed by atoms with E-state index in [2.05, 4.69) is 20.8 Å². The zero-order valence-corrected chi connectivity index (χ0v) is 21.5. The number of nitrogens with zero attached hydrogens (tertiary/aromatic N) is 3. The van der Waals surface area contributed by atoms with Crippen molar-refractivity contribution in [2.75, 3.05) is 5.32 Å². The molecule has 4 rings (SSSR count). The molecule has 2 N–H and O–H groups in total. The summed E-state index contributed by atoms with van der Waals surface area (Å²) in [6, 6.07) is 18.6. The van der Waals surface area contributed by atoms with Gasteiger partial charge in [0, 0.05) is 10.8 Å². The molecule has 11 heteroatoms. The van der Waals surface area contributed by atoms with Crippen molar-refractivity contribution >= 4 is 35.1 Å². The Labute approximate surface area is 221 Å². The van der Waals surface area contributed by atoms with E-state index < -0.39 is 23.8 Å². The van der Waals surface area contributed by atoms with Gasteiger partial charge in [0.05, 0.1) is 23.0 Å². The number of urea groups is 1. The second-order valence-electron chi connectivity index (χ2n) is 8.24. The van der Waals surface area contributed by atoms with Crippen LogP contribution in [0.4, 0.5) is 23.7 Å². The molecular formula is C26H23ClF3N5OS. The largest absolute Gasteiger partial charge is 0.418 e. The summed E-state index contributed by atoms with van der Waals surface area (Å²) in [6.45, 7) is 3.60. The van der Waals surface area contributed by atoms with Crippen LogP contribution in [0, 0.1) is 6.92 Å². The van der Waals surface area contributed by atoms with Crippen LogP contribution in [0.5, 0.6) is 0 Å². The molecule has 0 bridgehead atoms. The van der Waals surface area contributed by atoms with Crippen molar-refractivity contribution in [2.45, 2.75) is 37.0 Å². The van der Waals surface area contributed by atoms with Crippen LogP contribution in [0.15, 0.2) is 78.0 Å². The lowest BCUT2D eigenvalue weighted by Gasteiger charge is -2.19. The molecule has 0 aliphatic rings. The first-order chi connectivity index (χ1) is 17.6. The second kappa shape index (κ2) is 11.3. The number of thioether (sulfide) groups is 1. The molecule has 1 unspecified atom stereocenters. The number of aryl methyl sites for hydroxylation is 1. The van der Waals surface area contributed by atoms with E-state index in [0.29, 0.717) is 21.8 Å². The number of nitrogens with one attached hydrogen (secondary N) is 2. The van der Waals surface area contributed by atoms with Gasteiger partial charge in [0.25, 0.3) is 0 Å². The first-order valence-electron chi connectivity index (χ1n) is 11.3. The smallest absolute Gasteiger partial charge is 0.328 e. The van der Waals surface area contributed by atoms with Gasteiger partial charge in [-0.25, -0.2) is 4.79 Å². The van der Waals surface area contributed by atoms with Crippen LogP contribution in [0.1, 0.15) is 35.5 Å². The summed E-state index contributed by atoms with van der Waals surface area (Å²) in [5.74, 6) is 1.04. The van der Waals surface area contributed by atoms with Gasteiger partial charge < -0.3 is 10.6 Å². The van der Waals surface area contributed by atoms with Crippen LogP contribution in [-0.4, -0.2) is 20.8 Å². The SMILES string of the molecule is Cc1ccc(Cl)cc1-n1c(SCc2ccccc2)nnc1C(C)NC(=O)Nc1ccccc1C(F)(F)F. The first kappa shape index (κ1) is 26.6. The summed E-state index contributed by atoms with van der Waals surface area (Å²) in [5.41, 5.74) is 1.46. The number of halogens is 4. The van der Waals surface area contributed by atoms with Crippen molar-refractivity contribution < 1.29 is 18.0 Å². The van der Waals surface area contributed by atoms with E-state index in [0.717, 1.165) is 22.9 Å². The molecule has 0 saturated heterocycles. The molecule has 6 nitrogen and oxygen atoms in total. The topological polar surface area (TPSA) is 71.8 Å². The Morgan fingerprint density at radius 1 is 1.05 bits per heavy atom. The molecule has 1 aromatic heterocycles. The highest BCUT2D eigenvalue weighted by Gasteiger charge is 2.33. The molecule has 3 aromatic carbocycles. The summed E-state index contributed by atoms with van der Waals surface area (Å²) in [6.07, 6.45) is -4.61. The third-order valence-electron chi connectivity index (χ3n) is 5.50. The molecular weight excluding hydrogens is 523 g/mol. The minimum Gasteiger partial charge on any atom is -0.328 e. The predicted octanol–water partition coefficient (Wildman–Crippen LogP) is 7.42. The fourth-order valence-electron chi connectivity index (χ4n) is 3.69. The molecule has 0 aliphatic carbocycles. The fourth-order valence-corrected chi connectivity index (χ4v) is 4.76. The maximum atomic E-state index is 13.3. The van der Waals surface area contributed by atoms with Crippen LogP contribution in [0.2, 0.25) is 5.02 Å². The summed E-state index contributed by atoms with van der Waals surface area (Å²) >= 11 is 7.75. The number of anilines is 1. The number of rotatable bonds is 7. The van der Waals surface area contributed by atoms with Crippen LogP contribution < -0.4 is 10.6 Å². The number of hydrogen-bond donors (Lipinski definition) is 2. The van der Waals surface area contributed by atoms with Crippen molar-refractivity contribution in [1.82, 2.24) is 20.1 Å². The molecule has 0 radical (unpaired) electrons. The van der Waals surface area contributed by atoms with Gasteiger partial charge in [0.2, 0.25) is 0 Å². The van der Waals surface area contributed by atoms with Crippen molar-refractivity contribution in [3.8, 4) is 5.69 Å². The van der Waals surface area contributed by atoms with E-state index in [4.69, 9.17) is 11.6 Å². The molecule has 1 heterocycles. The van der Waals surface area contributed by atoms with E-state index >= 15 is 0 Å². The molecule has 2 amide bonds. The van der Waals surface area contributed by atoms with E-state index in [1.165, 1.54) is 30.0 Å². The Kier molecular flexibility index (Phi) is 8.09. The van der Waals surface area contributed by atoms with Crippen LogP contribution in [-0.2, 0) is 11.9 Å². The Morgan fingerprint density at radius 3 is 2.49 bits per heavy atom. The summed E-state index contributed by atoms with van der Waals surface area (Å²) < 4.78 is 41.8. The minimum absolute atomic E-state index is 0.342. The number of hydrogen-bond acceptors (Lipinski definition) is 4. The highest BCUT2D eigenvalue weighted by atomic mass is 35.5. The van der Waals surface area contributed by atoms with Gasteiger partial charge >= 0.3 is 12.2 Å². The number of aromatic nitrogens is 3. The summed E-state index contributed by atoms with van der Waals surface area (Å²) in [7, 11) is 0. The Hall–Kier alpha value is -3.50. The highest BCUT2D eigenvalue weighted by Crippen LogP contribution is 2.35. The standard InChI is InChI=1S/C26H23ClF3N5OS/c1-16-12-13-19(27)14-22(16)35-23(33-34-25(35)37-15-18-8-4-3-5-9-18)17(2)31-24(36)32-21-11-7-6-10-20(21)26(28,29)30/h3-14,17H,15H2,1-2H3,(H2,31,32,36). The third kappa shape index (κ3) is 6.44. The molecule has 4 aromatic rings. The van der Waals surface area contributed by atoms with Crippen molar-refractivity contribution in [3.05, 3.63) is 100 Å². The van der Waals surface area contributed by atoms with Crippen LogP contribution >= 0.6 is 23.4 Å². The van der Waals surface area contributed by atoms with Gasteiger partial charge in [-0.05, 0) is 49.2 Å². The van der Waals surface area contributed by atoms with Crippen molar-refractivity contribution in [3.63, 3.8) is 0 Å². The number of carbonyl (C=O) groups is 1. The van der Waals surface area contributed by atoms with Gasteiger partial charge in [-0.3, -0.25) is 4.57 Å². The van der Waals surface area contributed by atoms with Crippen molar-refractivity contribution in [1.29, 1.82) is 0 Å². The molecule has 192 valence electrons. The number of amides is 2. The lowest BCUT2D eigenvalue weighted by atomic mass is 10.1. The zero-order chi connectivity index (χ0) is 26.6. The minimum atomic E-state index is -4.61. The quantitative estimate of drug-likeness (QED) is 0.237. The summed E-state index contributed by atoms with van der Waals surface area (Å²) in [5, 5.41) is 14.7. The average molecular weight is 546 g/mol. The lowest BCUT2D eigenvalue weighted by molar-refractivity contribution is -0.136. The van der Waals surface area contributed by atoms with E-state index in [9.17, 15) is 18.0 Å². The maximum absolute atomic E-state index is 13.3. The molecule has 0 spiro atoms.